The van der Waals surface area contributed by atoms with E-state index in [0.29, 0.717) is 72.0 Å². The Bertz CT molecular complexity index is 2050. The second kappa shape index (κ2) is 34.9. The molecule has 14 aliphatic rings. The molecule has 0 radical (unpaired) electrons. The van der Waals surface area contributed by atoms with Crippen LogP contribution in [0, 0.1) is 94.7 Å². The zero-order valence-corrected chi connectivity index (χ0v) is 67.3. The van der Waals surface area contributed by atoms with Gasteiger partial charge < -0.3 is 8.23 Å². The summed E-state index contributed by atoms with van der Waals surface area (Å²) >= 11 is 0. The lowest BCUT2D eigenvalue weighted by molar-refractivity contribution is 0.0328. The first kappa shape index (κ1) is 74.1. The maximum atomic E-state index is 10.3. The Morgan fingerprint density at radius 1 is 0.258 bits per heavy atom. The lowest BCUT2D eigenvalue weighted by Crippen LogP contribution is -2.85. The van der Waals surface area contributed by atoms with Gasteiger partial charge in [-0.05, 0) is 182 Å². The highest BCUT2D eigenvalue weighted by molar-refractivity contribution is 6.88. The summed E-state index contributed by atoms with van der Waals surface area (Å²) in [5.41, 5.74) is 0. The standard InChI is InChI=1S/C84H156N8O2Si3/c1-7-13-19-33-47-95(48-34-20-14-8-2,49-35-21-15-9-3)93-97(94-96(50-36-22-16-10-4,51-37-23-17-11-5)52-38-24-18-12-6)91-81-73-57-65-43-29-30-44-66(65)58-74(73)83(91)89-79-71-55-63-41-27-28-42-64(63)56-72(71)80(86-79)90-84-76-60-68-46-32-31-45-67(68)59-75(76)82(92(84)97)88-78-70-54-62-40-26-25-39-61(62)53-69(70)77(85-78)87-81/h61-90H,7-60H2,1-6H3. The van der Waals surface area contributed by atoms with Crippen LogP contribution in [0.2, 0.25) is 36.3 Å². The molecule has 556 valence electrons. The van der Waals surface area contributed by atoms with E-state index >= 15 is 0 Å². The van der Waals surface area contributed by atoms with Crippen LogP contribution in [0.5, 0.6) is 0 Å². The third kappa shape index (κ3) is 16.1. The van der Waals surface area contributed by atoms with Crippen molar-refractivity contribution in [2.24, 2.45) is 94.7 Å². The number of unbranched alkanes of at least 4 members (excludes halogenated alkanes) is 18. The normalized spacial score (nSPS) is 41.4. The SMILES string of the molecule is CCCCCC[Si](CCCCCC)(CCCCCC)O[Si]1(O[Si](CCCCCC)(CCCCCC)CCCCCC)N2C3NC4NC(NC5C6CC7CCCCC7CC6C(NC6NC(NC2C2CC7CCCCC7CC23)C2CC3CCCCC3CC62)N51)C1CC2CCCCC2CC41. The molecule has 6 N–H and O–H groups in total. The molecule has 6 saturated heterocycles. The first-order chi connectivity index (χ1) is 47.7. The molecule has 6 heterocycles. The Balaban J connectivity index is 1.05. The van der Waals surface area contributed by atoms with Crippen LogP contribution < -0.4 is 31.9 Å². The van der Waals surface area contributed by atoms with Crippen LogP contribution in [-0.4, -0.2) is 84.0 Å². The first-order valence-electron chi connectivity index (χ1n) is 45.3. The van der Waals surface area contributed by atoms with E-state index in [0.717, 1.165) is 47.3 Å². The molecule has 0 aromatic rings. The molecule has 8 aliphatic carbocycles. The Kier molecular flexibility index (Phi) is 26.6. The first-order valence-corrected chi connectivity index (χ1v) is 52.0. The minimum atomic E-state index is -3.92. The maximum Gasteiger partial charge on any atom is 0.506 e. The quantitative estimate of drug-likeness (QED) is 0.0276. The van der Waals surface area contributed by atoms with Crippen molar-refractivity contribution >= 4 is 25.5 Å². The number of fused-ring (bicyclic) bond motifs is 20. The highest BCUT2D eigenvalue weighted by Gasteiger charge is 2.76. The second-order valence-electron chi connectivity index (χ2n) is 37.9. The van der Waals surface area contributed by atoms with Gasteiger partial charge in [0.1, 0.15) is 0 Å². The summed E-state index contributed by atoms with van der Waals surface area (Å²) in [5, 5.41) is 30.4. The van der Waals surface area contributed by atoms with Crippen LogP contribution in [0.1, 0.15) is 350 Å². The summed E-state index contributed by atoms with van der Waals surface area (Å²) in [6, 6.07) is 8.10. The summed E-state index contributed by atoms with van der Waals surface area (Å²) in [6.07, 6.45) is 69.3. The molecule has 0 spiro atoms. The van der Waals surface area contributed by atoms with Crippen LogP contribution in [0.15, 0.2) is 0 Å². The molecule has 0 aromatic carbocycles. The van der Waals surface area contributed by atoms with Gasteiger partial charge in [0.25, 0.3) is 0 Å². The molecule has 24 atom stereocenters. The van der Waals surface area contributed by atoms with Gasteiger partial charge in [-0.3, -0.25) is 31.9 Å². The van der Waals surface area contributed by atoms with Gasteiger partial charge in [-0.15, -0.1) is 0 Å². The van der Waals surface area contributed by atoms with Gasteiger partial charge >= 0.3 is 8.88 Å². The summed E-state index contributed by atoms with van der Waals surface area (Å²) in [5.74, 6) is 12.0. The third-order valence-corrected chi connectivity index (χ3v) is 47.6. The van der Waals surface area contributed by atoms with Crippen LogP contribution in [-0.2, 0) is 8.23 Å². The second-order valence-corrected chi connectivity index (χ2v) is 49.4. The molecule has 10 nitrogen and oxygen atoms in total. The molecule has 0 amide bonds. The zero-order chi connectivity index (χ0) is 66.4. The topological polar surface area (TPSA) is 97.1 Å². The van der Waals surface area contributed by atoms with E-state index in [1.807, 2.05) is 0 Å². The van der Waals surface area contributed by atoms with E-state index in [1.165, 1.54) is 344 Å². The summed E-state index contributed by atoms with van der Waals surface area (Å²) in [6.45, 7) is 14.9. The van der Waals surface area contributed by atoms with Crippen LogP contribution >= 0.6 is 0 Å². The summed E-state index contributed by atoms with van der Waals surface area (Å²) in [7, 11) is -9.26. The number of nitrogens with one attached hydrogen (secondary N) is 6. The lowest BCUT2D eigenvalue weighted by atomic mass is 9.62. The number of rotatable bonds is 34. The molecular weight excluding hydrogens is 1240 g/mol. The fraction of sp³-hybridized carbons (Fsp3) is 1.00. The van der Waals surface area contributed by atoms with Crippen molar-refractivity contribution in [2.45, 2.75) is 435 Å². The summed E-state index contributed by atoms with van der Waals surface area (Å²) < 4.78 is 27.7. The van der Waals surface area contributed by atoms with Gasteiger partial charge in [0, 0.05) is 0 Å². The molecule has 0 aromatic heterocycles. The average Bonchev–Trinajstić information content (AvgIpc) is 1.54. The van der Waals surface area contributed by atoms with Gasteiger partial charge in [0.2, 0.25) is 0 Å². The Morgan fingerprint density at radius 3 is 0.649 bits per heavy atom. The highest BCUT2D eigenvalue weighted by Crippen LogP contribution is 2.62. The lowest BCUT2D eigenvalue weighted by Gasteiger charge is -2.59. The van der Waals surface area contributed by atoms with Gasteiger partial charge in [-0.25, -0.2) is 9.13 Å². The molecule has 14 rings (SSSR count). The van der Waals surface area contributed by atoms with E-state index in [-0.39, 0.29) is 24.7 Å². The van der Waals surface area contributed by atoms with E-state index in [4.69, 9.17) is 31.9 Å². The zero-order valence-electron chi connectivity index (χ0n) is 64.3. The fourth-order valence-corrected chi connectivity index (χ4v) is 45.8. The minimum absolute atomic E-state index is 0.225. The number of nitrogens with zero attached hydrogens (tertiary/aromatic N) is 2. The Hall–Kier alpha value is 0.251. The van der Waals surface area contributed by atoms with Gasteiger partial charge in [-0.2, -0.15) is 0 Å². The van der Waals surface area contributed by atoms with Crippen molar-refractivity contribution < 1.29 is 8.23 Å². The Labute approximate surface area is 601 Å². The minimum Gasteiger partial charge on any atom is -0.413 e. The molecule has 6 aliphatic heterocycles. The molecule has 14 fully saturated rings. The summed E-state index contributed by atoms with van der Waals surface area (Å²) in [4.78, 5) is 0. The molecule has 6 bridgehead atoms. The molecule has 13 heteroatoms. The van der Waals surface area contributed by atoms with Crippen molar-refractivity contribution in [2.75, 3.05) is 0 Å². The van der Waals surface area contributed by atoms with E-state index in [1.54, 1.807) is 0 Å². The smallest absolute Gasteiger partial charge is 0.413 e. The Morgan fingerprint density at radius 2 is 0.454 bits per heavy atom. The van der Waals surface area contributed by atoms with Gasteiger partial charge in [0.05, 0.1) is 49.3 Å². The predicted molar refractivity (Wildman–Crippen MR) is 413 cm³/mol. The van der Waals surface area contributed by atoms with Gasteiger partial charge in [0.15, 0.2) is 16.6 Å². The predicted octanol–water partition coefficient (Wildman–Crippen LogP) is 21.0. The van der Waals surface area contributed by atoms with Crippen molar-refractivity contribution in [3.8, 4) is 0 Å². The van der Waals surface area contributed by atoms with E-state index in [9.17, 15) is 8.23 Å². The molecule has 97 heavy (non-hydrogen) atoms. The van der Waals surface area contributed by atoms with Crippen molar-refractivity contribution in [1.29, 1.82) is 0 Å². The van der Waals surface area contributed by atoms with Crippen LogP contribution in [0.4, 0.5) is 0 Å². The molecule has 24 unspecified atom stereocenters. The number of hydrogen-bond acceptors (Lipinski definition) is 10. The maximum absolute atomic E-state index is 10.3. The van der Waals surface area contributed by atoms with Crippen molar-refractivity contribution in [3.63, 3.8) is 0 Å². The molecule has 8 saturated carbocycles. The van der Waals surface area contributed by atoms with Crippen molar-refractivity contribution in [1.82, 2.24) is 41.0 Å². The number of hydrogen-bond donors (Lipinski definition) is 6. The van der Waals surface area contributed by atoms with E-state index in [2.05, 4.69) is 50.7 Å². The fourth-order valence-electron chi connectivity index (χ4n) is 27.0. The highest BCUT2D eigenvalue weighted by atomic mass is 28.5. The van der Waals surface area contributed by atoms with Crippen LogP contribution in [0.25, 0.3) is 0 Å². The largest absolute Gasteiger partial charge is 0.506 e. The third-order valence-electron chi connectivity index (χ3n) is 32.0. The van der Waals surface area contributed by atoms with Crippen LogP contribution in [0.3, 0.4) is 0 Å². The van der Waals surface area contributed by atoms with Crippen molar-refractivity contribution in [3.05, 3.63) is 0 Å². The van der Waals surface area contributed by atoms with Gasteiger partial charge in [-0.1, -0.05) is 298 Å². The van der Waals surface area contributed by atoms with E-state index < -0.39 is 25.5 Å². The monoisotopic (exact) mass is 1390 g/mol. The average molecular weight is 1390 g/mol. The molecular formula is C84H156N8O2Si3.